The SMILES string of the molecule is CC(C)(C)[C@@H](N)C(=O)NCCCn1ccnn1. The molecule has 6 heteroatoms. The van der Waals surface area contributed by atoms with Gasteiger partial charge in [0.1, 0.15) is 0 Å². The van der Waals surface area contributed by atoms with Crippen LogP contribution in [0.1, 0.15) is 27.2 Å². The fourth-order valence-electron chi connectivity index (χ4n) is 1.31. The Balaban J connectivity index is 2.20. The average Bonchev–Trinajstić information content (AvgIpc) is 2.74. The third kappa shape index (κ3) is 4.52. The van der Waals surface area contributed by atoms with Crippen molar-refractivity contribution in [2.75, 3.05) is 6.54 Å². The molecule has 0 aliphatic heterocycles. The molecule has 1 amide bonds. The zero-order valence-corrected chi connectivity index (χ0v) is 10.7. The van der Waals surface area contributed by atoms with Gasteiger partial charge < -0.3 is 11.1 Å². The minimum Gasteiger partial charge on any atom is -0.355 e. The molecular formula is C11H21N5O. The molecule has 0 aromatic carbocycles. The van der Waals surface area contributed by atoms with Gasteiger partial charge in [-0.05, 0) is 11.8 Å². The molecule has 1 aromatic rings. The molecule has 0 unspecified atom stereocenters. The number of rotatable bonds is 5. The minimum atomic E-state index is -0.478. The Morgan fingerprint density at radius 1 is 1.53 bits per heavy atom. The summed E-state index contributed by atoms with van der Waals surface area (Å²) in [7, 11) is 0. The third-order valence-corrected chi connectivity index (χ3v) is 2.55. The van der Waals surface area contributed by atoms with E-state index in [2.05, 4.69) is 15.6 Å². The molecule has 0 saturated heterocycles. The third-order valence-electron chi connectivity index (χ3n) is 2.55. The van der Waals surface area contributed by atoms with Crippen LogP contribution in [0.25, 0.3) is 0 Å². The first kappa shape index (κ1) is 13.6. The molecule has 0 aliphatic rings. The van der Waals surface area contributed by atoms with Crippen molar-refractivity contribution >= 4 is 5.91 Å². The van der Waals surface area contributed by atoms with Crippen molar-refractivity contribution in [1.29, 1.82) is 0 Å². The molecule has 1 heterocycles. The Kier molecular flexibility index (Phi) is 4.62. The fourth-order valence-corrected chi connectivity index (χ4v) is 1.31. The van der Waals surface area contributed by atoms with Crippen molar-refractivity contribution in [3.05, 3.63) is 12.4 Å². The monoisotopic (exact) mass is 239 g/mol. The van der Waals surface area contributed by atoms with Gasteiger partial charge in [-0.15, -0.1) is 5.10 Å². The van der Waals surface area contributed by atoms with Gasteiger partial charge in [-0.1, -0.05) is 26.0 Å². The zero-order valence-electron chi connectivity index (χ0n) is 10.7. The molecule has 0 saturated carbocycles. The van der Waals surface area contributed by atoms with Gasteiger partial charge in [0.05, 0.1) is 12.2 Å². The van der Waals surface area contributed by atoms with Crippen LogP contribution in [0.5, 0.6) is 0 Å². The van der Waals surface area contributed by atoms with Crippen molar-refractivity contribution in [3.8, 4) is 0 Å². The van der Waals surface area contributed by atoms with Crippen molar-refractivity contribution < 1.29 is 4.79 Å². The minimum absolute atomic E-state index is 0.101. The maximum Gasteiger partial charge on any atom is 0.237 e. The van der Waals surface area contributed by atoms with E-state index in [1.165, 1.54) is 0 Å². The lowest BCUT2D eigenvalue weighted by atomic mass is 9.87. The van der Waals surface area contributed by atoms with E-state index in [0.29, 0.717) is 6.54 Å². The van der Waals surface area contributed by atoms with E-state index in [9.17, 15) is 4.79 Å². The Labute approximate surface area is 102 Å². The molecule has 1 aromatic heterocycles. The van der Waals surface area contributed by atoms with Gasteiger partial charge in [0.25, 0.3) is 0 Å². The lowest BCUT2D eigenvalue weighted by molar-refractivity contribution is -0.124. The summed E-state index contributed by atoms with van der Waals surface area (Å²) in [4.78, 5) is 11.7. The lowest BCUT2D eigenvalue weighted by Gasteiger charge is -2.25. The Hall–Kier alpha value is -1.43. The van der Waals surface area contributed by atoms with Gasteiger partial charge in [0.2, 0.25) is 5.91 Å². The molecule has 1 atom stereocenters. The number of nitrogens with two attached hydrogens (primary N) is 1. The standard InChI is InChI=1S/C11H21N5O/c1-11(2,3)9(12)10(17)13-5-4-7-16-8-6-14-15-16/h6,8-9H,4-5,7,12H2,1-3H3,(H,13,17)/t9-/m0/s1. The van der Waals surface area contributed by atoms with Gasteiger partial charge in [-0.2, -0.15) is 0 Å². The summed E-state index contributed by atoms with van der Waals surface area (Å²) in [6, 6.07) is -0.478. The van der Waals surface area contributed by atoms with E-state index >= 15 is 0 Å². The van der Waals surface area contributed by atoms with Gasteiger partial charge in [0, 0.05) is 19.3 Å². The normalized spacial score (nSPS) is 13.4. The van der Waals surface area contributed by atoms with Gasteiger partial charge in [-0.3, -0.25) is 9.48 Å². The van der Waals surface area contributed by atoms with Crippen LogP contribution in [-0.4, -0.2) is 33.5 Å². The van der Waals surface area contributed by atoms with Crippen molar-refractivity contribution in [2.24, 2.45) is 11.1 Å². The second-order valence-corrected chi connectivity index (χ2v) is 5.15. The average molecular weight is 239 g/mol. The molecule has 1 rings (SSSR count). The fraction of sp³-hybridized carbons (Fsp3) is 0.727. The summed E-state index contributed by atoms with van der Waals surface area (Å²) >= 11 is 0. The van der Waals surface area contributed by atoms with E-state index < -0.39 is 6.04 Å². The molecule has 17 heavy (non-hydrogen) atoms. The highest BCUT2D eigenvalue weighted by Gasteiger charge is 2.26. The van der Waals surface area contributed by atoms with E-state index in [4.69, 9.17) is 5.73 Å². The highest BCUT2D eigenvalue weighted by Crippen LogP contribution is 2.16. The summed E-state index contributed by atoms with van der Waals surface area (Å²) in [5, 5.41) is 10.4. The molecule has 3 N–H and O–H groups in total. The topological polar surface area (TPSA) is 85.8 Å². The highest BCUT2D eigenvalue weighted by molar-refractivity contribution is 5.82. The van der Waals surface area contributed by atoms with Crippen LogP contribution in [0.2, 0.25) is 0 Å². The maximum absolute atomic E-state index is 11.7. The first-order valence-electron chi connectivity index (χ1n) is 5.78. The van der Waals surface area contributed by atoms with Crippen LogP contribution in [0.3, 0.4) is 0 Å². The summed E-state index contributed by atoms with van der Waals surface area (Å²) in [5.74, 6) is -0.101. The van der Waals surface area contributed by atoms with Crippen LogP contribution < -0.4 is 11.1 Å². The number of nitrogens with zero attached hydrogens (tertiary/aromatic N) is 3. The van der Waals surface area contributed by atoms with Crippen molar-refractivity contribution in [2.45, 2.75) is 39.8 Å². The van der Waals surface area contributed by atoms with E-state index in [1.54, 1.807) is 17.1 Å². The lowest BCUT2D eigenvalue weighted by Crippen LogP contribution is -2.48. The Morgan fingerprint density at radius 2 is 2.24 bits per heavy atom. The number of aryl methyl sites for hydroxylation is 1. The summed E-state index contributed by atoms with van der Waals surface area (Å²) < 4.78 is 1.73. The summed E-state index contributed by atoms with van der Waals surface area (Å²) in [6.07, 6.45) is 4.24. The first-order valence-corrected chi connectivity index (χ1v) is 5.78. The number of nitrogens with one attached hydrogen (secondary N) is 1. The van der Waals surface area contributed by atoms with E-state index in [-0.39, 0.29) is 11.3 Å². The van der Waals surface area contributed by atoms with Crippen LogP contribution in [0, 0.1) is 5.41 Å². The number of hydrogen-bond donors (Lipinski definition) is 2. The van der Waals surface area contributed by atoms with Crippen molar-refractivity contribution in [3.63, 3.8) is 0 Å². The molecule has 0 bridgehead atoms. The van der Waals surface area contributed by atoms with Crippen LogP contribution in [0.15, 0.2) is 12.4 Å². The van der Waals surface area contributed by atoms with E-state index in [1.807, 2.05) is 20.8 Å². The molecular weight excluding hydrogens is 218 g/mol. The molecule has 0 aliphatic carbocycles. The summed E-state index contributed by atoms with van der Waals surface area (Å²) in [6.45, 7) is 7.19. The summed E-state index contributed by atoms with van der Waals surface area (Å²) in [5.41, 5.74) is 5.62. The number of hydrogen-bond acceptors (Lipinski definition) is 4. The molecule has 0 spiro atoms. The quantitative estimate of drug-likeness (QED) is 0.717. The molecule has 0 fully saturated rings. The van der Waals surface area contributed by atoms with Gasteiger partial charge in [0.15, 0.2) is 0 Å². The number of aromatic nitrogens is 3. The Morgan fingerprint density at radius 3 is 2.76 bits per heavy atom. The van der Waals surface area contributed by atoms with E-state index in [0.717, 1.165) is 13.0 Å². The van der Waals surface area contributed by atoms with Crippen LogP contribution in [-0.2, 0) is 11.3 Å². The smallest absolute Gasteiger partial charge is 0.237 e. The zero-order chi connectivity index (χ0) is 12.9. The predicted molar refractivity (Wildman–Crippen MR) is 65.1 cm³/mol. The molecule has 0 radical (unpaired) electrons. The predicted octanol–water partition coefficient (Wildman–Crippen LogP) is 0.158. The first-order chi connectivity index (χ1) is 7.91. The van der Waals surface area contributed by atoms with Gasteiger partial charge in [-0.25, -0.2) is 0 Å². The number of carbonyl (C=O) groups is 1. The second-order valence-electron chi connectivity index (χ2n) is 5.15. The maximum atomic E-state index is 11.7. The number of carbonyl (C=O) groups excluding carboxylic acids is 1. The van der Waals surface area contributed by atoms with Crippen molar-refractivity contribution in [1.82, 2.24) is 20.3 Å². The molecule has 96 valence electrons. The molecule has 6 nitrogen and oxygen atoms in total. The number of amides is 1. The highest BCUT2D eigenvalue weighted by atomic mass is 16.2. The Bertz CT molecular complexity index is 341. The van der Waals surface area contributed by atoms with Crippen LogP contribution >= 0.6 is 0 Å². The van der Waals surface area contributed by atoms with Crippen LogP contribution in [0.4, 0.5) is 0 Å². The largest absolute Gasteiger partial charge is 0.355 e. The van der Waals surface area contributed by atoms with Gasteiger partial charge >= 0.3 is 0 Å². The second kappa shape index (κ2) is 5.77.